The van der Waals surface area contributed by atoms with Gasteiger partial charge in [-0.05, 0) is 43.7 Å². The zero-order valence-corrected chi connectivity index (χ0v) is 11.1. The lowest BCUT2D eigenvalue weighted by Gasteiger charge is -2.22. The van der Waals surface area contributed by atoms with E-state index in [9.17, 15) is 13.2 Å². The SMILES string of the molecule is Nc1ccc(S(=O)(=O)C(OC=O)C2CCCN2)cc1. The third-order valence-electron chi connectivity index (χ3n) is 3.13. The fraction of sp³-hybridized carbons (Fsp3) is 0.417. The molecule has 3 N–H and O–H groups in total. The average molecular weight is 284 g/mol. The van der Waals surface area contributed by atoms with Gasteiger partial charge in [-0.15, -0.1) is 0 Å². The highest BCUT2D eigenvalue weighted by atomic mass is 32.2. The van der Waals surface area contributed by atoms with Crippen molar-refractivity contribution in [3.05, 3.63) is 24.3 Å². The van der Waals surface area contributed by atoms with Gasteiger partial charge in [0.05, 0.1) is 10.9 Å². The highest BCUT2D eigenvalue weighted by Crippen LogP contribution is 2.24. The smallest absolute Gasteiger partial charge is 0.294 e. The summed E-state index contributed by atoms with van der Waals surface area (Å²) in [6, 6.07) is 5.48. The van der Waals surface area contributed by atoms with E-state index >= 15 is 0 Å². The van der Waals surface area contributed by atoms with E-state index in [0.717, 1.165) is 13.0 Å². The van der Waals surface area contributed by atoms with Crippen LogP contribution >= 0.6 is 0 Å². The molecule has 0 radical (unpaired) electrons. The van der Waals surface area contributed by atoms with Crippen LogP contribution in [0.3, 0.4) is 0 Å². The molecule has 1 fully saturated rings. The zero-order chi connectivity index (χ0) is 13.9. The first-order valence-electron chi connectivity index (χ1n) is 5.97. The number of anilines is 1. The van der Waals surface area contributed by atoms with Gasteiger partial charge in [0.25, 0.3) is 6.47 Å². The van der Waals surface area contributed by atoms with Crippen molar-refractivity contribution in [2.24, 2.45) is 0 Å². The van der Waals surface area contributed by atoms with E-state index in [4.69, 9.17) is 10.5 Å². The topological polar surface area (TPSA) is 98.5 Å². The summed E-state index contributed by atoms with van der Waals surface area (Å²) < 4.78 is 29.7. The number of hydrogen-bond donors (Lipinski definition) is 2. The highest BCUT2D eigenvalue weighted by Gasteiger charge is 2.37. The van der Waals surface area contributed by atoms with Crippen LogP contribution in [0.25, 0.3) is 0 Å². The molecular formula is C12H16N2O4S. The van der Waals surface area contributed by atoms with E-state index in [1.165, 1.54) is 24.3 Å². The minimum Gasteiger partial charge on any atom is -0.446 e. The number of hydrogen-bond acceptors (Lipinski definition) is 6. The molecule has 19 heavy (non-hydrogen) atoms. The van der Waals surface area contributed by atoms with E-state index in [-0.39, 0.29) is 17.4 Å². The quantitative estimate of drug-likeness (QED) is 0.596. The van der Waals surface area contributed by atoms with Gasteiger partial charge >= 0.3 is 0 Å². The highest BCUT2D eigenvalue weighted by molar-refractivity contribution is 7.92. The lowest BCUT2D eigenvalue weighted by Crippen LogP contribution is -2.42. The molecule has 1 aliphatic heterocycles. The van der Waals surface area contributed by atoms with Crippen molar-refractivity contribution >= 4 is 22.0 Å². The van der Waals surface area contributed by atoms with Crippen molar-refractivity contribution in [1.29, 1.82) is 0 Å². The number of nitrogens with one attached hydrogen (secondary N) is 1. The van der Waals surface area contributed by atoms with Crippen LogP contribution in [0.15, 0.2) is 29.2 Å². The maximum absolute atomic E-state index is 12.5. The summed E-state index contributed by atoms with van der Waals surface area (Å²) in [7, 11) is -3.73. The van der Waals surface area contributed by atoms with E-state index in [1.54, 1.807) is 0 Å². The summed E-state index contributed by atoms with van der Waals surface area (Å²) in [6.45, 7) is 0.903. The third kappa shape index (κ3) is 2.87. The van der Waals surface area contributed by atoms with Crippen molar-refractivity contribution in [3.8, 4) is 0 Å². The fourth-order valence-electron chi connectivity index (χ4n) is 2.17. The molecule has 0 aromatic heterocycles. The van der Waals surface area contributed by atoms with E-state index < -0.39 is 15.3 Å². The Morgan fingerprint density at radius 3 is 2.58 bits per heavy atom. The Bertz CT molecular complexity index is 535. The molecule has 1 aromatic carbocycles. The van der Waals surface area contributed by atoms with E-state index in [0.29, 0.717) is 12.1 Å². The maximum atomic E-state index is 12.5. The summed E-state index contributed by atoms with van der Waals surface area (Å²) in [5, 5.41) is 3.04. The second kappa shape index (κ2) is 5.58. The van der Waals surface area contributed by atoms with Crippen LogP contribution in [0, 0.1) is 0 Å². The minimum atomic E-state index is -3.73. The van der Waals surface area contributed by atoms with Crippen molar-refractivity contribution in [3.63, 3.8) is 0 Å². The molecule has 0 bridgehead atoms. The number of carbonyl (C=O) groups is 1. The Morgan fingerprint density at radius 2 is 2.05 bits per heavy atom. The normalized spacial score (nSPS) is 20.9. The van der Waals surface area contributed by atoms with Gasteiger partial charge in [-0.25, -0.2) is 8.42 Å². The summed E-state index contributed by atoms with van der Waals surface area (Å²) in [4.78, 5) is 10.7. The van der Waals surface area contributed by atoms with Crippen molar-refractivity contribution in [2.75, 3.05) is 12.3 Å². The molecule has 6 nitrogen and oxygen atoms in total. The molecule has 7 heteroatoms. The molecular weight excluding hydrogens is 268 g/mol. The molecule has 1 heterocycles. The second-order valence-electron chi connectivity index (χ2n) is 4.42. The van der Waals surface area contributed by atoms with Crippen LogP contribution in [0.2, 0.25) is 0 Å². The number of nitrogens with two attached hydrogens (primary N) is 1. The van der Waals surface area contributed by atoms with Crippen molar-refractivity contribution in [2.45, 2.75) is 29.2 Å². The van der Waals surface area contributed by atoms with Gasteiger partial charge in [0.1, 0.15) is 0 Å². The molecule has 1 aliphatic rings. The molecule has 2 unspecified atom stereocenters. The summed E-state index contributed by atoms with van der Waals surface area (Å²) in [5.41, 5.74) is 4.81. The van der Waals surface area contributed by atoms with Crippen LogP contribution in [-0.2, 0) is 19.4 Å². The first kappa shape index (κ1) is 13.8. The number of rotatable bonds is 5. The second-order valence-corrected chi connectivity index (χ2v) is 6.44. The molecule has 0 amide bonds. The van der Waals surface area contributed by atoms with Gasteiger partial charge in [-0.2, -0.15) is 0 Å². The van der Waals surface area contributed by atoms with Gasteiger partial charge in [0, 0.05) is 5.69 Å². The average Bonchev–Trinajstić information content (AvgIpc) is 2.89. The molecule has 104 valence electrons. The van der Waals surface area contributed by atoms with Gasteiger partial charge in [-0.3, -0.25) is 4.79 Å². The largest absolute Gasteiger partial charge is 0.446 e. The minimum absolute atomic E-state index is 0.0993. The van der Waals surface area contributed by atoms with Crippen molar-refractivity contribution < 1.29 is 17.9 Å². The van der Waals surface area contributed by atoms with Crippen molar-refractivity contribution in [1.82, 2.24) is 5.32 Å². The molecule has 2 atom stereocenters. The monoisotopic (exact) mass is 284 g/mol. The number of benzene rings is 1. The van der Waals surface area contributed by atoms with Gasteiger partial charge in [-0.1, -0.05) is 0 Å². The van der Waals surface area contributed by atoms with Crippen LogP contribution in [0.1, 0.15) is 12.8 Å². The number of nitrogen functional groups attached to an aromatic ring is 1. The number of carbonyl (C=O) groups excluding carboxylic acids is 1. The van der Waals surface area contributed by atoms with E-state index in [1.807, 2.05) is 0 Å². The van der Waals surface area contributed by atoms with Crippen LogP contribution in [-0.4, -0.2) is 32.9 Å². The lowest BCUT2D eigenvalue weighted by atomic mass is 10.2. The maximum Gasteiger partial charge on any atom is 0.294 e. The van der Waals surface area contributed by atoms with Crippen LogP contribution < -0.4 is 11.1 Å². The Labute approximate surface area is 111 Å². The summed E-state index contributed by atoms with van der Waals surface area (Å²) in [6.07, 6.45) is 1.52. The van der Waals surface area contributed by atoms with Crippen LogP contribution in [0.4, 0.5) is 5.69 Å². The number of ether oxygens (including phenoxy) is 1. The van der Waals surface area contributed by atoms with Gasteiger partial charge in [0.15, 0.2) is 0 Å². The Balaban J connectivity index is 2.33. The Hall–Kier alpha value is -1.60. The molecule has 1 saturated heterocycles. The first-order chi connectivity index (χ1) is 9.05. The lowest BCUT2D eigenvalue weighted by molar-refractivity contribution is -0.131. The fourth-order valence-corrected chi connectivity index (χ4v) is 3.81. The van der Waals surface area contributed by atoms with E-state index in [2.05, 4.69) is 5.32 Å². The van der Waals surface area contributed by atoms with Gasteiger partial charge in [0.2, 0.25) is 15.3 Å². The molecule has 0 spiro atoms. The first-order valence-corrected chi connectivity index (χ1v) is 7.52. The van der Waals surface area contributed by atoms with Crippen LogP contribution in [0.5, 0.6) is 0 Å². The predicted octanol–water partition coefficient (Wildman–Crippen LogP) is 0.294. The predicted molar refractivity (Wildman–Crippen MR) is 70.0 cm³/mol. The summed E-state index contributed by atoms with van der Waals surface area (Å²) >= 11 is 0. The van der Waals surface area contributed by atoms with Gasteiger partial charge < -0.3 is 15.8 Å². The number of sulfone groups is 1. The third-order valence-corrected chi connectivity index (χ3v) is 5.11. The molecule has 2 rings (SSSR count). The molecule has 0 aliphatic carbocycles. The standard InChI is InChI=1S/C12H16N2O4S/c13-9-3-5-10(6-4-9)19(16,17)12(18-8-15)11-2-1-7-14-11/h3-6,8,11-12,14H,1-2,7,13H2. The summed E-state index contributed by atoms with van der Waals surface area (Å²) in [5.74, 6) is 0. The Kier molecular flexibility index (Phi) is 4.06. The zero-order valence-electron chi connectivity index (χ0n) is 10.3. The molecule has 0 saturated carbocycles. The Morgan fingerprint density at radius 1 is 1.37 bits per heavy atom. The molecule has 1 aromatic rings.